The highest BCUT2D eigenvalue weighted by Gasteiger charge is 2.20. The molecule has 10 heteroatoms. The third-order valence-electron chi connectivity index (χ3n) is 4.87. The second-order valence-electron chi connectivity index (χ2n) is 7.01. The molecule has 0 saturated carbocycles. The Bertz CT molecular complexity index is 1090. The molecule has 1 aromatic carbocycles. The fourth-order valence-electron chi connectivity index (χ4n) is 3.29. The van der Waals surface area contributed by atoms with Crippen LogP contribution in [-0.4, -0.2) is 53.8 Å². The molecule has 1 fully saturated rings. The van der Waals surface area contributed by atoms with E-state index < -0.39 is 0 Å². The van der Waals surface area contributed by atoms with Gasteiger partial charge in [-0.25, -0.2) is 9.78 Å². The van der Waals surface area contributed by atoms with Crippen LogP contribution in [0.15, 0.2) is 48.8 Å². The van der Waals surface area contributed by atoms with Gasteiger partial charge in [-0.2, -0.15) is 4.98 Å². The first-order valence-corrected chi connectivity index (χ1v) is 10.0. The number of aromatic nitrogens is 3. The van der Waals surface area contributed by atoms with E-state index in [4.69, 9.17) is 14.5 Å². The Kier molecular flexibility index (Phi) is 6.52. The minimum atomic E-state index is -0.381. The third-order valence-corrected chi connectivity index (χ3v) is 4.87. The average Bonchev–Trinajstić information content (AvgIpc) is 2.82. The maximum Gasteiger partial charge on any atom is 0.323 e. The molecule has 164 valence electrons. The van der Waals surface area contributed by atoms with Gasteiger partial charge in [0, 0.05) is 30.5 Å². The highest BCUT2D eigenvalue weighted by atomic mass is 16.5. The van der Waals surface area contributed by atoms with Gasteiger partial charge in [-0.3, -0.25) is 9.78 Å². The van der Waals surface area contributed by atoms with Crippen LogP contribution in [0, 0.1) is 6.92 Å². The van der Waals surface area contributed by atoms with Gasteiger partial charge in [-0.15, -0.1) is 0 Å². The average molecular weight is 434 g/mol. The van der Waals surface area contributed by atoms with Crippen molar-refractivity contribution >= 4 is 29.7 Å². The van der Waals surface area contributed by atoms with Gasteiger partial charge in [0.05, 0.1) is 30.7 Å². The standard InChI is InChI=1S/C22H22N6O4/c1-15-20(28-9-11-31-12-10-28)26-19(27-21(15)32-14-29)16-4-6-17(7-5-16)24-22(30)25-18-3-2-8-23-13-18/h2-8,13-14H,9-12H2,1H3,(H2,24,25,30). The Morgan fingerprint density at radius 1 is 1.09 bits per heavy atom. The molecule has 0 bridgehead atoms. The molecule has 2 N–H and O–H groups in total. The smallest absolute Gasteiger partial charge is 0.323 e. The Hall–Kier alpha value is -4.05. The number of nitrogens with one attached hydrogen (secondary N) is 2. The van der Waals surface area contributed by atoms with Crippen molar-refractivity contribution in [3.8, 4) is 17.3 Å². The number of amides is 2. The zero-order valence-electron chi connectivity index (χ0n) is 17.4. The largest absolute Gasteiger partial charge is 0.409 e. The number of ether oxygens (including phenoxy) is 2. The molecular formula is C22H22N6O4. The van der Waals surface area contributed by atoms with Crippen molar-refractivity contribution in [2.24, 2.45) is 0 Å². The molecule has 1 aliphatic heterocycles. The van der Waals surface area contributed by atoms with Crippen LogP contribution in [0.2, 0.25) is 0 Å². The number of hydrogen-bond acceptors (Lipinski definition) is 8. The predicted octanol–water partition coefficient (Wildman–Crippen LogP) is 2.86. The highest BCUT2D eigenvalue weighted by molar-refractivity contribution is 5.99. The van der Waals surface area contributed by atoms with Crippen molar-refractivity contribution in [2.45, 2.75) is 6.92 Å². The second-order valence-corrected chi connectivity index (χ2v) is 7.01. The van der Waals surface area contributed by atoms with E-state index in [2.05, 4.69) is 25.5 Å². The molecule has 32 heavy (non-hydrogen) atoms. The van der Waals surface area contributed by atoms with Gasteiger partial charge in [-0.05, 0) is 43.3 Å². The summed E-state index contributed by atoms with van der Waals surface area (Å²) in [5, 5.41) is 5.47. The Morgan fingerprint density at radius 2 is 1.84 bits per heavy atom. The van der Waals surface area contributed by atoms with E-state index in [-0.39, 0.29) is 11.9 Å². The summed E-state index contributed by atoms with van der Waals surface area (Å²) in [7, 11) is 0. The van der Waals surface area contributed by atoms with Crippen molar-refractivity contribution in [2.75, 3.05) is 41.8 Å². The number of anilines is 3. The van der Waals surface area contributed by atoms with Crippen LogP contribution in [0.3, 0.4) is 0 Å². The zero-order chi connectivity index (χ0) is 22.3. The van der Waals surface area contributed by atoms with Crippen LogP contribution in [-0.2, 0) is 9.53 Å². The Balaban J connectivity index is 1.54. The lowest BCUT2D eigenvalue weighted by atomic mass is 10.2. The molecule has 1 saturated heterocycles. The maximum absolute atomic E-state index is 12.2. The van der Waals surface area contributed by atoms with Crippen LogP contribution in [0.4, 0.5) is 22.0 Å². The Morgan fingerprint density at radius 3 is 2.53 bits per heavy atom. The SMILES string of the molecule is Cc1c(OC=O)nc(-c2ccc(NC(=O)Nc3cccnc3)cc2)nc1N1CCOCC1. The van der Waals surface area contributed by atoms with Crippen molar-refractivity contribution in [1.29, 1.82) is 0 Å². The molecule has 2 aromatic heterocycles. The lowest BCUT2D eigenvalue weighted by molar-refractivity contribution is -0.121. The highest BCUT2D eigenvalue weighted by Crippen LogP contribution is 2.30. The number of carbonyl (C=O) groups excluding carboxylic acids is 2. The van der Waals surface area contributed by atoms with Gasteiger partial charge >= 0.3 is 6.03 Å². The summed E-state index contributed by atoms with van der Waals surface area (Å²) in [5.41, 5.74) is 2.59. The molecule has 0 radical (unpaired) electrons. The van der Waals surface area contributed by atoms with Crippen LogP contribution in [0.1, 0.15) is 5.56 Å². The molecule has 10 nitrogen and oxygen atoms in total. The van der Waals surface area contributed by atoms with E-state index in [0.717, 1.165) is 0 Å². The van der Waals surface area contributed by atoms with Crippen molar-refractivity contribution in [3.05, 3.63) is 54.4 Å². The molecule has 0 spiro atoms. The second kappa shape index (κ2) is 9.84. The third kappa shape index (κ3) is 4.98. The van der Waals surface area contributed by atoms with E-state index in [1.54, 1.807) is 48.8 Å². The van der Waals surface area contributed by atoms with Crippen molar-refractivity contribution in [1.82, 2.24) is 15.0 Å². The van der Waals surface area contributed by atoms with E-state index in [9.17, 15) is 9.59 Å². The number of hydrogen-bond donors (Lipinski definition) is 2. The van der Waals surface area contributed by atoms with Crippen LogP contribution in [0.25, 0.3) is 11.4 Å². The first-order chi connectivity index (χ1) is 15.6. The number of pyridine rings is 1. The minimum Gasteiger partial charge on any atom is -0.409 e. The quantitative estimate of drug-likeness (QED) is 0.569. The lowest BCUT2D eigenvalue weighted by Gasteiger charge is -2.29. The van der Waals surface area contributed by atoms with Gasteiger partial charge in [0.25, 0.3) is 6.47 Å². The fourth-order valence-corrected chi connectivity index (χ4v) is 3.29. The first-order valence-electron chi connectivity index (χ1n) is 10.0. The number of nitrogens with zero attached hydrogens (tertiary/aromatic N) is 4. The van der Waals surface area contributed by atoms with Gasteiger partial charge in [0.1, 0.15) is 5.82 Å². The molecular weight excluding hydrogens is 412 g/mol. The van der Waals surface area contributed by atoms with Crippen molar-refractivity contribution in [3.63, 3.8) is 0 Å². The minimum absolute atomic E-state index is 0.213. The molecule has 2 amide bonds. The molecule has 3 aromatic rings. The summed E-state index contributed by atoms with van der Waals surface area (Å²) in [4.78, 5) is 38.3. The summed E-state index contributed by atoms with van der Waals surface area (Å²) in [6.07, 6.45) is 3.19. The van der Waals surface area contributed by atoms with E-state index in [1.807, 2.05) is 6.92 Å². The molecule has 0 aliphatic carbocycles. The van der Waals surface area contributed by atoms with Crippen LogP contribution < -0.4 is 20.3 Å². The summed E-state index contributed by atoms with van der Waals surface area (Å²) in [5.74, 6) is 1.33. The van der Waals surface area contributed by atoms with Crippen LogP contribution in [0.5, 0.6) is 5.88 Å². The monoisotopic (exact) mass is 434 g/mol. The summed E-state index contributed by atoms with van der Waals surface area (Å²) in [6.45, 7) is 4.76. The van der Waals surface area contributed by atoms with Crippen LogP contribution >= 0.6 is 0 Å². The molecule has 1 aliphatic rings. The topological polar surface area (TPSA) is 119 Å². The normalized spacial score (nSPS) is 13.3. The van der Waals surface area contributed by atoms with Gasteiger partial charge in [0.15, 0.2) is 5.82 Å². The Labute approximate surface area is 184 Å². The molecule has 4 rings (SSSR count). The molecule has 0 unspecified atom stereocenters. The maximum atomic E-state index is 12.2. The summed E-state index contributed by atoms with van der Waals surface area (Å²) >= 11 is 0. The van der Waals surface area contributed by atoms with E-state index in [0.29, 0.717) is 66.9 Å². The van der Waals surface area contributed by atoms with Gasteiger partial charge < -0.3 is 25.0 Å². The number of benzene rings is 1. The first kappa shape index (κ1) is 21.2. The zero-order valence-corrected chi connectivity index (χ0v) is 17.4. The van der Waals surface area contributed by atoms with Crippen molar-refractivity contribution < 1.29 is 19.1 Å². The van der Waals surface area contributed by atoms with Gasteiger partial charge in [0.2, 0.25) is 5.88 Å². The number of carbonyl (C=O) groups is 2. The summed E-state index contributed by atoms with van der Waals surface area (Å²) < 4.78 is 10.5. The van der Waals surface area contributed by atoms with E-state index in [1.165, 1.54) is 0 Å². The predicted molar refractivity (Wildman–Crippen MR) is 119 cm³/mol. The lowest BCUT2D eigenvalue weighted by Crippen LogP contribution is -2.37. The number of rotatable bonds is 6. The molecule has 0 atom stereocenters. The summed E-state index contributed by atoms with van der Waals surface area (Å²) in [6, 6.07) is 10.2. The number of urea groups is 1. The van der Waals surface area contributed by atoms with E-state index >= 15 is 0 Å². The molecule has 3 heterocycles. The van der Waals surface area contributed by atoms with Gasteiger partial charge in [-0.1, -0.05) is 0 Å². The fraction of sp³-hybridized carbons (Fsp3) is 0.227. The number of morpholine rings is 1.